The van der Waals surface area contributed by atoms with Gasteiger partial charge >= 0.3 is 0 Å². The molecule has 1 heterocycles. The fraction of sp³-hybridized carbons (Fsp3) is 0.422. The number of hydrogen-bond acceptors (Lipinski definition) is 7. The van der Waals surface area contributed by atoms with Crippen LogP contribution in [0.2, 0.25) is 0 Å². The molecule has 1 fully saturated rings. The maximum absolute atomic E-state index is 14.3. The summed E-state index contributed by atoms with van der Waals surface area (Å²) in [5.41, 5.74) is 3.24. The molecule has 0 saturated heterocycles. The first-order chi connectivity index (χ1) is 25.5. The lowest BCUT2D eigenvalue weighted by Crippen LogP contribution is -2.54. The summed E-state index contributed by atoms with van der Waals surface area (Å²) < 4.78 is 11.0. The lowest BCUT2D eigenvalue weighted by molar-refractivity contribution is -0.139. The molecule has 280 valence electrons. The van der Waals surface area contributed by atoms with Crippen molar-refractivity contribution in [1.82, 2.24) is 4.90 Å². The van der Waals surface area contributed by atoms with Crippen molar-refractivity contribution in [2.45, 2.75) is 89.3 Å². The van der Waals surface area contributed by atoms with E-state index in [0.717, 1.165) is 29.5 Å². The van der Waals surface area contributed by atoms with Gasteiger partial charge in [-0.25, -0.2) is 0 Å². The molecule has 2 bridgehead atoms. The Morgan fingerprint density at radius 3 is 2.47 bits per heavy atom. The fourth-order valence-corrected chi connectivity index (χ4v) is 9.22. The lowest BCUT2D eigenvalue weighted by Gasteiger charge is -2.46. The maximum atomic E-state index is 14.3. The van der Waals surface area contributed by atoms with Gasteiger partial charge < -0.3 is 24.6 Å². The Balaban J connectivity index is 1.38. The number of aliphatic hydroxyl groups excluding tert-OH is 1. The number of hydrogen-bond donors (Lipinski definition) is 2. The second-order valence-electron chi connectivity index (χ2n) is 15.2. The monoisotopic (exact) mass is 735 g/mol. The van der Waals surface area contributed by atoms with Gasteiger partial charge in [0.15, 0.2) is 17.3 Å². The molecule has 8 heteroatoms. The van der Waals surface area contributed by atoms with E-state index in [2.05, 4.69) is 32.1 Å². The number of benzene rings is 3. The van der Waals surface area contributed by atoms with E-state index in [0.29, 0.717) is 67.7 Å². The van der Waals surface area contributed by atoms with Gasteiger partial charge in [-0.05, 0) is 111 Å². The number of ketones is 1. The molecular formula is C45H53NO6S. The van der Waals surface area contributed by atoms with Crippen LogP contribution in [0.15, 0.2) is 95.9 Å². The van der Waals surface area contributed by atoms with Crippen LogP contribution in [-0.2, 0) is 24.1 Å². The minimum absolute atomic E-state index is 0.0553. The SMILES string of the molecule is COc1ccc(CC(=O)N(CCc2cccs2)C[C@]2(O)CC[C@H]3c4ccc(cc4C(=O)c4ccccc4)C[C@@H](O)CCC(C)=CCC[C@@]32C)cc1OC. The van der Waals surface area contributed by atoms with Crippen molar-refractivity contribution in [3.8, 4) is 11.5 Å². The summed E-state index contributed by atoms with van der Waals surface area (Å²) in [5.74, 6) is 0.918. The third-order valence-corrected chi connectivity index (χ3v) is 12.7. The van der Waals surface area contributed by atoms with E-state index in [9.17, 15) is 19.8 Å². The Morgan fingerprint density at radius 1 is 0.943 bits per heavy atom. The predicted octanol–water partition coefficient (Wildman–Crippen LogP) is 8.35. The van der Waals surface area contributed by atoms with Crippen LogP contribution in [0.4, 0.5) is 0 Å². The minimum Gasteiger partial charge on any atom is -0.493 e. The third kappa shape index (κ3) is 8.61. The Kier molecular flexibility index (Phi) is 12.2. The van der Waals surface area contributed by atoms with Crippen molar-refractivity contribution in [2.24, 2.45) is 5.41 Å². The van der Waals surface area contributed by atoms with Crippen LogP contribution in [0.25, 0.3) is 0 Å². The van der Waals surface area contributed by atoms with Crippen molar-refractivity contribution in [2.75, 3.05) is 27.3 Å². The zero-order chi connectivity index (χ0) is 37.6. The Hall–Kier alpha value is -4.24. The van der Waals surface area contributed by atoms with Crippen LogP contribution in [0.5, 0.6) is 11.5 Å². The number of rotatable bonds is 11. The topological polar surface area (TPSA) is 96.3 Å². The van der Waals surface area contributed by atoms with Gasteiger partial charge in [-0.3, -0.25) is 9.59 Å². The second-order valence-corrected chi connectivity index (χ2v) is 16.2. The Morgan fingerprint density at radius 2 is 1.74 bits per heavy atom. The fourth-order valence-electron chi connectivity index (χ4n) is 8.53. The van der Waals surface area contributed by atoms with Gasteiger partial charge in [0.2, 0.25) is 5.91 Å². The number of aliphatic hydroxyl groups is 2. The number of nitrogens with zero attached hydrogens (tertiary/aromatic N) is 1. The zero-order valence-corrected chi connectivity index (χ0v) is 32.3. The first-order valence-corrected chi connectivity index (χ1v) is 19.7. The van der Waals surface area contributed by atoms with E-state index < -0.39 is 17.1 Å². The van der Waals surface area contributed by atoms with Gasteiger partial charge in [-0.1, -0.05) is 73.2 Å². The summed E-state index contributed by atoms with van der Waals surface area (Å²) in [6.07, 6.45) is 7.06. The lowest BCUT2D eigenvalue weighted by atomic mass is 9.64. The molecule has 3 aromatic carbocycles. The van der Waals surface area contributed by atoms with E-state index >= 15 is 0 Å². The van der Waals surface area contributed by atoms with Crippen LogP contribution in [0, 0.1) is 5.41 Å². The van der Waals surface area contributed by atoms with Crippen LogP contribution in [-0.4, -0.2) is 65.8 Å². The van der Waals surface area contributed by atoms with E-state index in [-0.39, 0.29) is 30.6 Å². The second kappa shape index (κ2) is 16.8. The van der Waals surface area contributed by atoms with Gasteiger partial charge in [-0.15, -0.1) is 11.3 Å². The van der Waals surface area contributed by atoms with Gasteiger partial charge in [-0.2, -0.15) is 0 Å². The number of allylic oxidation sites excluding steroid dienone is 2. The van der Waals surface area contributed by atoms with Crippen LogP contribution in [0.1, 0.15) is 95.8 Å². The number of fused-ring (bicyclic) bond motifs is 8. The van der Waals surface area contributed by atoms with Gasteiger partial charge in [0.25, 0.3) is 0 Å². The van der Waals surface area contributed by atoms with E-state index in [1.165, 1.54) is 10.5 Å². The molecular weight excluding hydrogens is 683 g/mol. The Labute approximate surface area is 318 Å². The van der Waals surface area contributed by atoms with Crippen molar-refractivity contribution in [3.05, 3.63) is 129 Å². The molecule has 1 amide bonds. The van der Waals surface area contributed by atoms with Crippen molar-refractivity contribution in [3.63, 3.8) is 0 Å². The summed E-state index contributed by atoms with van der Waals surface area (Å²) in [5, 5.41) is 26.1. The van der Waals surface area contributed by atoms with Crippen molar-refractivity contribution in [1.29, 1.82) is 0 Å². The largest absolute Gasteiger partial charge is 0.493 e. The van der Waals surface area contributed by atoms with E-state index in [4.69, 9.17) is 9.47 Å². The highest BCUT2D eigenvalue weighted by atomic mass is 32.1. The molecule has 3 aliphatic rings. The van der Waals surface area contributed by atoms with Crippen molar-refractivity contribution < 1.29 is 29.3 Å². The van der Waals surface area contributed by atoms with Gasteiger partial charge in [0, 0.05) is 34.5 Å². The molecule has 1 aromatic heterocycles. The molecule has 7 nitrogen and oxygen atoms in total. The normalized spacial score (nSPS) is 23.1. The molecule has 3 aliphatic carbocycles. The summed E-state index contributed by atoms with van der Waals surface area (Å²) in [7, 11) is 3.18. The first-order valence-electron chi connectivity index (χ1n) is 18.8. The minimum atomic E-state index is -1.22. The smallest absolute Gasteiger partial charge is 0.227 e. The average Bonchev–Trinajstić information content (AvgIpc) is 3.78. The summed E-state index contributed by atoms with van der Waals surface area (Å²) >= 11 is 1.67. The molecule has 0 unspecified atom stereocenters. The molecule has 4 atom stereocenters. The molecule has 0 spiro atoms. The predicted molar refractivity (Wildman–Crippen MR) is 211 cm³/mol. The highest BCUT2D eigenvalue weighted by Crippen LogP contribution is 2.59. The van der Waals surface area contributed by atoms with Gasteiger partial charge in [0.05, 0.1) is 32.3 Å². The molecule has 4 aromatic rings. The zero-order valence-electron chi connectivity index (χ0n) is 31.5. The van der Waals surface area contributed by atoms with Crippen molar-refractivity contribution >= 4 is 23.0 Å². The number of carbonyl (C=O) groups excluding carboxylic acids is 2. The van der Waals surface area contributed by atoms with Crippen LogP contribution in [0.3, 0.4) is 0 Å². The molecule has 1 saturated carbocycles. The summed E-state index contributed by atoms with van der Waals surface area (Å²) in [6.45, 7) is 4.95. The van der Waals surface area contributed by atoms with Crippen LogP contribution < -0.4 is 9.47 Å². The highest BCUT2D eigenvalue weighted by Gasteiger charge is 2.57. The number of amides is 1. The molecule has 7 rings (SSSR count). The number of thiophene rings is 1. The molecule has 0 radical (unpaired) electrons. The van der Waals surface area contributed by atoms with E-state index in [1.807, 2.05) is 77.0 Å². The number of methoxy groups -OCH3 is 2. The first kappa shape index (κ1) is 38.5. The Bertz CT molecular complexity index is 1910. The highest BCUT2D eigenvalue weighted by molar-refractivity contribution is 7.09. The van der Waals surface area contributed by atoms with Crippen LogP contribution >= 0.6 is 11.3 Å². The van der Waals surface area contributed by atoms with E-state index in [1.54, 1.807) is 25.6 Å². The summed E-state index contributed by atoms with van der Waals surface area (Å²) in [6, 6.07) is 25.1. The summed E-state index contributed by atoms with van der Waals surface area (Å²) in [4.78, 5) is 31.7. The molecule has 0 aliphatic heterocycles. The third-order valence-electron chi connectivity index (χ3n) is 11.8. The van der Waals surface area contributed by atoms with Gasteiger partial charge in [0.1, 0.15) is 0 Å². The average molecular weight is 736 g/mol. The molecule has 2 N–H and O–H groups in total. The number of ether oxygens (including phenoxy) is 2. The molecule has 53 heavy (non-hydrogen) atoms. The number of carbonyl (C=O) groups is 2. The quantitative estimate of drug-likeness (QED) is 0.119. The standard InChI is InChI=1S/C45H53NO6S/c1-31-10-8-22-44(2)39(37-18-15-32(26-35(47)17-14-31)27-38(37)43(49)34-11-6-5-7-12-34)20-23-45(44,50)30-46(24-21-36-13-9-25-53-36)42(48)29-33-16-19-40(51-3)41(28-33)52-4/h5-7,9-13,15-16,18-19,25,27-28,35,39,47,50H,8,14,17,20-24,26,29-30H2,1-4H3/t35-,39-,44-,45+/m0/s1. The maximum Gasteiger partial charge on any atom is 0.227 e.